The van der Waals surface area contributed by atoms with Gasteiger partial charge in [-0.05, 0) is 41.5 Å². The molecule has 0 saturated heterocycles. The molecular formula is C37H50N8O8. The zero-order valence-electron chi connectivity index (χ0n) is 30.3. The highest BCUT2D eigenvalue weighted by Crippen LogP contribution is 2.13. The van der Waals surface area contributed by atoms with Crippen LogP contribution in [0.15, 0.2) is 67.1 Å². The van der Waals surface area contributed by atoms with Gasteiger partial charge in [0.2, 0.25) is 29.5 Å². The van der Waals surface area contributed by atoms with E-state index in [1.165, 1.54) is 24.7 Å². The number of aliphatic carboxylic acids is 1. The van der Waals surface area contributed by atoms with Gasteiger partial charge in [0.05, 0.1) is 18.9 Å². The molecule has 1 aromatic heterocycles. The maximum absolute atomic E-state index is 13.5. The number of phenolic OH excluding ortho intramolecular Hbond substituents is 1. The molecular weight excluding hydrogens is 684 g/mol. The molecule has 5 amide bonds. The first-order valence-corrected chi connectivity index (χ1v) is 17.4. The van der Waals surface area contributed by atoms with Crippen LogP contribution < -0.4 is 32.3 Å². The second kappa shape index (κ2) is 20.3. The van der Waals surface area contributed by atoms with Crippen LogP contribution in [-0.2, 0) is 48.0 Å². The van der Waals surface area contributed by atoms with Gasteiger partial charge in [-0.15, -0.1) is 0 Å². The molecule has 1 heterocycles. The number of nitrogens with one attached hydrogen (secondary N) is 6. The third kappa shape index (κ3) is 13.4. The number of hydrogen-bond donors (Lipinski definition) is 9. The van der Waals surface area contributed by atoms with Gasteiger partial charge in [-0.1, -0.05) is 76.6 Å². The van der Waals surface area contributed by atoms with Gasteiger partial charge in [-0.2, -0.15) is 0 Å². The summed E-state index contributed by atoms with van der Waals surface area (Å²) in [7, 11) is 0. The van der Waals surface area contributed by atoms with Crippen molar-refractivity contribution in [3.8, 4) is 5.75 Å². The van der Waals surface area contributed by atoms with Crippen LogP contribution in [0.2, 0.25) is 0 Å². The summed E-state index contributed by atoms with van der Waals surface area (Å²) < 4.78 is 0. The molecule has 0 aliphatic heterocycles. The number of imidazole rings is 1. The van der Waals surface area contributed by atoms with Crippen LogP contribution in [0, 0.1) is 11.8 Å². The van der Waals surface area contributed by atoms with Crippen molar-refractivity contribution < 1.29 is 39.0 Å². The number of nitrogens with zero attached hydrogens (tertiary/aromatic N) is 1. The van der Waals surface area contributed by atoms with E-state index in [1.54, 1.807) is 32.9 Å². The normalized spacial score (nSPS) is 14.5. The highest BCUT2D eigenvalue weighted by atomic mass is 16.4. The predicted molar refractivity (Wildman–Crippen MR) is 195 cm³/mol. The molecule has 6 atom stereocenters. The maximum Gasteiger partial charge on any atom is 0.326 e. The lowest BCUT2D eigenvalue weighted by Crippen LogP contribution is -2.59. The first kappa shape index (κ1) is 41.6. The number of aromatic hydroxyl groups is 1. The molecule has 0 radical (unpaired) electrons. The Balaban J connectivity index is 1.66. The summed E-state index contributed by atoms with van der Waals surface area (Å²) in [6, 6.07) is 9.58. The zero-order valence-corrected chi connectivity index (χ0v) is 30.3. The van der Waals surface area contributed by atoms with E-state index in [-0.39, 0.29) is 25.0 Å². The summed E-state index contributed by atoms with van der Waals surface area (Å²) in [5.41, 5.74) is 8.11. The quantitative estimate of drug-likeness (QED) is 0.0768. The van der Waals surface area contributed by atoms with Crippen LogP contribution in [0.3, 0.4) is 0 Å². The second-order valence-electron chi connectivity index (χ2n) is 13.3. The lowest BCUT2D eigenvalue weighted by Gasteiger charge is -2.29. The van der Waals surface area contributed by atoms with Gasteiger partial charge in [-0.3, -0.25) is 24.0 Å². The van der Waals surface area contributed by atoms with Crippen LogP contribution in [0.5, 0.6) is 5.75 Å². The fraction of sp³-hybridized carbons (Fsp3) is 0.432. The van der Waals surface area contributed by atoms with Crippen LogP contribution in [0.25, 0.3) is 0 Å². The summed E-state index contributed by atoms with van der Waals surface area (Å²) in [6.45, 7) is 6.38. The minimum absolute atomic E-state index is 0.0231. The van der Waals surface area contributed by atoms with E-state index in [2.05, 4.69) is 36.6 Å². The first-order valence-electron chi connectivity index (χ1n) is 17.4. The molecule has 0 aliphatic rings. The molecule has 0 spiro atoms. The number of H-pyrrole nitrogens is 1. The molecule has 0 bridgehead atoms. The number of carbonyl (C=O) groups excluding carboxylic acids is 5. The number of nitrogens with two attached hydrogens (primary N) is 1. The Hall–Kier alpha value is -5.77. The van der Waals surface area contributed by atoms with Gasteiger partial charge >= 0.3 is 5.97 Å². The average molecular weight is 735 g/mol. The van der Waals surface area contributed by atoms with Crippen molar-refractivity contribution in [1.82, 2.24) is 36.6 Å². The average Bonchev–Trinajstić information content (AvgIpc) is 3.65. The number of carbonyl (C=O) groups is 6. The van der Waals surface area contributed by atoms with E-state index < -0.39 is 84.1 Å². The summed E-state index contributed by atoms with van der Waals surface area (Å²) >= 11 is 0. The van der Waals surface area contributed by atoms with Crippen molar-refractivity contribution in [2.24, 2.45) is 17.6 Å². The van der Waals surface area contributed by atoms with Crippen LogP contribution in [0.4, 0.5) is 0 Å². The number of carboxylic acids is 1. The van der Waals surface area contributed by atoms with E-state index in [1.807, 2.05) is 37.3 Å². The molecule has 0 aliphatic carbocycles. The molecule has 0 saturated carbocycles. The minimum atomic E-state index is -1.29. The number of carboxylic acid groups (broad SMARTS) is 1. The van der Waals surface area contributed by atoms with E-state index in [9.17, 15) is 39.0 Å². The number of benzene rings is 2. The lowest BCUT2D eigenvalue weighted by molar-refractivity contribution is -0.142. The smallest absolute Gasteiger partial charge is 0.326 e. The number of amides is 5. The van der Waals surface area contributed by atoms with Gasteiger partial charge in [0.15, 0.2) is 0 Å². The molecule has 10 N–H and O–H groups in total. The van der Waals surface area contributed by atoms with E-state index in [4.69, 9.17) is 5.73 Å². The Bertz CT molecular complexity index is 1670. The minimum Gasteiger partial charge on any atom is -0.508 e. The fourth-order valence-electron chi connectivity index (χ4n) is 5.39. The standard InChI is InChI=1S/C37H50N8O8/c1-5-22(4)32(36(51)43-29(37(52)53)17-25-18-39-20-41-25)45-35(50)31(21(2)3)44-30(47)19-40-34(49)28(16-24-11-13-26(46)14-12-24)42-33(48)27(38)15-23-9-7-6-8-10-23/h6-14,18,20-22,27-29,31-32,46H,5,15-17,19,38H2,1-4H3,(H,39,41)(H,40,49)(H,42,48)(H,43,51)(H,44,47)(H,45,50)(H,52,53)/t22-,27-,28+,29+,31-,32-/m0/s1. The van der Waals surface area contributed by atoms with Crippen molar-refractivity contribution in [3.05, 3.63) is 83.9 Å². The Morgan fingerprint density at radius 2 is 1.38 bits per heavy atom. The van der Waals surface area contributed by atoms with Gasteiger partial charge in [0, 0.05) is 24.7 Å². The van der Waals surface area contributed by atoms with Crippen LogP contribution in [-0.4, -0.2) is 92.4 Å². The van der Waals surface area contributed by atoms with Crippen molar-refractivity contribution >= 4 is 35.5 Å². The highest BCUT2D eigenvalue weighted by Gasteiger charge is 2.34. The number of phenols is 1. The maximum atomic E-state index is 13.5. The predicted octanol–water partition coefficient (Wildman–Crippen LogP) is 0.313. The van der Waals surface area contributed by atoms with Gasteiger partial charge in [0.1, 0.15) is 29.9 Å². The molecule has 16 nitrogen and oxygen atoms in total. The number of aromatic amines is 1. The lowest BCUT2D eigenvalue weighted by atomic mass is 9.96. The van der Waals surface area contributed by atoms with Crippen LogP contribution in [0.1, 0.15) is 50.9 Å². The third-order valence-electron chi connectivity index (χ3n) is 8.72. The third-order valence-corrected chi connectivity index (χ3v) is 8.72. The molecule has 3 rings (SSSR count). The SMILES string of the molecule is CC[C@H](C)[C@H](NC(=O)[C@@H](NC(=O)CNC(=O)[C@@H](Cc1ccc(O)cc1)NC(=O)[C@@H](N)Cc1ccccc1)C(C)C)C(=O)N[C@H](Cc1cnc[nH]1)C(=O)O. The molecule has 0 fully saturated rings. The number of aromatic nitrogens is 2. The molecule has 16 heteroatoms. The molecule has 53 heavy (non-hydrogen) atoms. The summed E-state index contributed by atoms with van der Waals surface area (Å²) in [4.78, 5) is 85.0. The molecule has 3 aromatic rings. The topological polar surface area (TPSA) is 258 Å². The summed E-state index contributed by atoms with van der Waals surface area (Å²) in [6.07, 6.45) is 3.51. The highest BCUT2D eigenvalue weighted by molar-refractivity contribution is 5.95. The van der Waals surface area contributed by atoms with Crippen molar-refractivity contribution in [2.45, 2.75) is 83.6 Å². The van der Waals surface area contributed by atoms with Gasteiger partial charge in [0.25, 0.3) is 0 Å². The zero-order chi connectivity index (χ0) is 39.1. The fourth-order valence-corrected chi connectivity index (χ4v) is 5.39. The second-order valence-corrected chi connectivity index (χ2v) is 13.3. The van der Waals surface area contributed by atoms with Gasteiger partial charge < -0.3 is 47.5 Å². The van der Waals surface area contributed by atoms with E-state index >= 15 is 0 Å². The first-order chi connectivity index (χ1) is 25.2. The van der Waals surface area contributed by atoms with E-state index in [0.717, 1.165) is 5.56 Å². The monoisotopic (exact) mass is 734 g/mol. The van der Waals surface area contributed by atoms with E-state index in [0.29, 0.717) is 17.7 Å². The Labute approximate surface area is 308 Å². The Morgan fingerprint density at radius 3 is 1.96 bits per heavy atom. The number of rotatable bonds is 20. The Kier molecular flexibility index (Phi) is 16.0. The van der Waals surface area contributed by atoms with Crippen molar-refractivity contribution in [2.75, 3.05) is 6.54 Å². The summed E-state index contributed by atoms with van der Waals surface area (Å²) in [5, 5.41) is 32.4. The van der Waals surface area contributed by atoms with Crippen molar-refractivity contribution in [1.29, 1.82) is 0 Å². The molecule has 2 aromatic carbocycles. The van der Waals surface area contributed by atoms with Crippen molar-refractivity contribution in [3.63, 3.8) is 0 Å². The largest absolute Gasteiger partial charge is 0.508 e. The van der Waals surface area contributed by atoms with Crippen LogP contribution >= 0.6 is 0 Å². The van der Waals surface area contributed by atoms with Gasteiger partial charge in [-0.25, -0.2) is 9.78 Å². The molecule has 0 unspecified atom stereocenters. The Morgan fingerprint density at radius 1 is 0.755 bits per heavy atom. The molecule has 286 valence electrons. The summed E-state index contributed by atoms with van der Waals surface area (Å²) in [5.74, 6) is -5.44. The number of hydrogen-bond acceptors (Lipinski definition) is 9.